The van der Waals surface area contributed by atoms with E-state index >= 15 is 0 Å². The lowest BCUT2D eigenvalue weighted by Gasteiger charge is -2.18. The Kier molecular flexibility index (Phi) is 5.43. The minimum absolute atomic E-state index is 0.116. The summed E-state index contributed by atoms with van der Waals surface area (Å²) >= 11 is 0. The summed E-state index contributed by atoms with van der Waals surface area (Å²) in [6, 6.07) is 11.9. The highest BCUT2D eigenvalue weighted by molar-refractivity contribution is 5.94. The Morgan fingerprint density at radius 2 is 1.65 bits per heavy atom. The molecule has 3 heteroatoms. The van der Waals surface area contributed by atoms with Crippen LogP contribution in [0.3, 0.4) is 0 Å². The number of rotatable bonds is 5. The Hall–Kier alpha value is -2.29. The molecule has 122 valence electrons. The number of carbonyl (C=O) groups excluding carboxylic acids is 1. The number of carbonyl (C=O) groups is 1. The molecule has 0 aliphatic carbocycles. The minimum atomic E-state index is -0.502. The molecule has 1 N–H and O–H groups in total. The SMILES string of the molecule is CC[C@@H](Oc1cc(C)cc(C)c1)C(=O)Nc1ccc(C)c(C)c1. The molecule has 0 spiro atoms. The summed E-state index contributed by atoms with van der Waals surface area (Å²) in [5.74, 6) is 0.625. The maximum absolute atomic E-state index is 12.5. The number of anilines is 1. The molecule has 0 aliphatic heterocycles. The second-order valence-corrected chi connectivity index (χ2v) is 6.13. The number of aryl methyl sites for hydroxylation is 4. The van der Waals surface area contributed by atoms with Crippen molar-refractivity contribution in [1.82, 2.24) is 0 Å². The van der Waals surface area contributed by atoms with Crippen LogP contribution in [0, 0.1) is 27.7 Å². The Bertz CT molecular complexity index is 687. The summed E-state index contributed by atoms with van der Waals surface area (Å²) < 4.78 is 5.90. The van der Waals surface area contributed by atoms with Gasteiger partial charge in [0.25, 0.3) is 5.91 Å². The highest BCUT2D eigenvalue weighted by Crippen LogP contribution is 2.20. The molecule has 0 saturated heterocycles. The second kappa shape index (κ2) is 7.32. The zero-order chi connectivity index (χ0) is 17.0. The molecule has 2 rings (SSSR count). The molecule has 2 aromatic rings. The average Bonchev–Trinajstić information content (AvgIpc) is 2.47. The van der Waals surface area contributed by atoms with Crippen molar-refractivity contribution in [3.05, 3.63) is 58.7 Å². The molecule has 0 saturated carbocycles. The maximum atomic E-state index is 12.5. The van der Waals surface area contributed by atoms with Gasteiger partial charge in [0.1, 0.15) is 5.75 Å². The van der Waals surface area contributed by atoms with Crippen molar-refractivity contribution in [1.29, 1.82) is 0 Å². The summed E-state index contributed by atoms with van der Waals surface area (Å²) in [6.07, 6.45) is 0.113. The standard InChI is InChI=1S/C20H25NO2/c1-6-19(23-18-10-13(2)9-14(3)11-18)20(22)21-17-8-7-15(4)16(5)12-17/h7-12,19H,6H2,1-5H3,(H,21,22)/t19-/m1/s1. The van der Waals surface area contributed by atoms with E-state index in [1.807, 2.05) is 58.0 Å². The van der Waals surface area contributed by atoms with Crippen LogP contribution >= 0.6 is 0 Å². The van der Waals surface area contributed by atoms with Gasteiger partial charge in [-0.1, -0.05) is 19.1 Å². The van der Waals surface area contributed by atoms with E-state index in [-0.39, 0.29) is 5.91 Å². The zero-order valence-electron chi connectivity index (χ0n) is 14.6. The molecule has 0 bridgehead atoms. The van der Waals surface area contributed by atoms with Crippen molar-refractivity contribution < 1.29 is 9.53 Å². The Morgan fingerprint density at radius 3 is 2.22 bits per heavy atom. The smallest absolute Gasteiger partial charge is 0.265 e. The van der Waals surface area contributed by atoms with E-state index in [2.05, 4.69) is 18.3 Å². The average molecular weight is 311 g/mol. The van der Waals surface area contributed by atoms with Crippen molar-refractivity contribution in [2.75, 3.05) is 5.32 Å². The monoisotopic (exact) mass is 311 g/mol. The van der Waals surface area contributed by atoms with E-state index in [0.29, 0.717) is 6.42 Å². The topological polar surface area (TPSA) is 38.3 Å². The molecule has 1 atom stereocenters. The largest absolute Gasteiger partial charge is 0.481 e. The van der Waals surface area contributed by atoms with Crippen LogP contribution in [0.2, 0.25) is 0 Å². The number of benzene rings is 2. The van der Waals surface area contributed by atoms with Crippen LogP contribution in [-0.2, 0) is 4.79 Å². The zero-order valence-corrected chi connectivity index (χ0v) is 14.6. The predicted molar refractivity (Wildman–Crippen MR) is 95.2 cm³/mol. The highest BCUT2D eigenvalue weighted by Gasteiger charge is 2.19. The summed E-state index contributed by atoms with van der Waals surface area (Å²) in [5, 5.41) is 2.95. The first-order valence-electron chi connectivity index (χ1n) is 8.02. The van der Waals surface area contributed by atoms with Crippen LogP contribution in [0.1, 0.15) is 35.6 Å². The fourth-order valence-electron chi connectivity index (χ4n) is 2.53. The maximum Gasteiger partial charge on any atom is 0.265 e. The van der Waals surface area contributed by atoms with Gasteiger partial charge in [-0.25, -0.2) is 0 Å². The number of ether oxygens (including phenoxy) is 1. The first kappa shape index (κ1) is 17.1. The molecule has 0 radical (unpaired) electrons. The fourth-order valence-corrected chi connectivity index (χ4v) is 2.53. The third kappa shape index (κ3) is 4.59. The summed E-state index contributed by atoms with van der Waals surface area (Å²) in [5.41, 5.74) is 5.43. The van der Waals surface area contributed by atoms with E-state index in [4.69, 9.17) is 4.74 Å². The van der Waals surface area contributed by atoms with Crippen molar-refractivity contribution in [2.45, 2.75) is 47.1 Å². The minimum Gasteiger partial charge on any atom is -0.481 e. The van der Waals surface area contributed by atoms with Gasteiger partial charge in [0.2, 0.25) is 0 Å². The molecule has 0 fully saturated rings. The van der Waals surface area contributed by atoms with Crippen molar-refractivity contribution in [3.8, 4) is 5.75 Å². The van der Waals surface area contributed by atoms with Gasteiger partial charge >= 0.3 is 0 Å². The first-order chi connectivity index (χ1) is 10.9. The summed E-state index contributed by atoms with van der Waals surface area (Å²) in [7, 11) is 0. The number of hydrogen-bond acceptors (Lipinski definition) is 2. The first-order valence-corrected chi connectivity index (χ1v) is 8.02. The molecular formula is C20H25NO2. The Balaban J connectivity index is 2.10. The van der Waals surface area contributed by atoms with Crippen LogP contribution in [-0.4, -0.2) is 12.0 Å². The second-order valence-electron chi connectivity index (χ2n) is 6.13. The molecule has 0 aromatic heterocycles. The highest BCUT2D eigenvalue weighted by atomic mass is 16.5. The normalized spacial score (nSPS) is 11.9. The lowest BCUT2D eigenvalue weighted by Crippen LogP contribution is -2.32. The van der Waals surface area contributed by atoms with Gasteiger partial charge in [-0.3, -0.25) is 4.79 Å². The molecule has 3 nitrogen and oxygen atoms in total. The van der Waals surface area contributed by atoms with Crippen LogP contribution in [0.5, 0.6) is 5.75 Å². The quantitative estimate of drug-likeness (QED) is 0.868. The fraction of sp³-hybridized carbons (Fsp3) is 0.350. The number of nitrogens with one attached hydrogen (secondary N) is 1. The van der Waals surface area contributed by atoms with Crippen LogP contribution < -0.4 is 10.1 Å². The molecule has 0 unspecified atom stereocenters. The van der Waals surface area contributed by atoms with E-state index < -0.39 is 6.10 Å². The lowest BCUT2D eigenvalue weighted by atomic mass is 10.1. The molecule has 1 amide bonds. The van der Waals surface area contributed by atoms with Gasteiger partial charge in [-0.05, 0) is 80.6 Å². The van der Waals surface area contributed by atoms with E-state index in [1.54, 1.807) is 0 Å². The Morgan fingerprint density at radius 1 is 1.00 bits per heavy atom. The Labute approximate surface area is 138 Å². The third-order valence-electron chi connectivity index (χ3n) is 3.91. The number of amides is 1. The molecule has 2 aromatic carbocycles. The van der Waals surface area contributed by atoms with Gasteiger partial charge in [0, 0.05) is 5.69 Å². The molecule has 23 heavy (non-hydrogen) atoms. The molecular weight excluding hydrogens is 286 g/mol. The summed E-state index contributed by atoms with van der Waals surface area (Å²) in [6.45, 7) is 10.1. The van der Waals surface area contributed by atoms with Gasteiger partial charge in [0.15, 0.2) is 6.10 Å². The van der Waals surface area contributed by atoms with Gasteiger partial charge in [-0.15, -0.1) is 0 Å². The molecule has 0 heterocycles. The lowest BCUT2D eigenvalue weighted by molar-refractivity contribution is -0.122. The van der Waals surface area contributed by atoms with Gasteiger partial charge in [-0.2, -0.15) is 0 Å². The van der Waals surface area contributed by atoms with Crippen molar-refractivity contribution >= 4 is 11.6 Å². The molecule has 0 aliphatic rings. The van der Waals surface area contributed by atoms with Gasteiger partial charge < -0.3 is 10.1 Å². The van der Waals surface area contributed by atoms with Gasteiger partial charge in [0.05, 0.1) is 0 Å². The van der Waals surface area contributed by atoms with Crippen molar-refractivity contribution in [3.63, 3.8) is 0 Å². The number of hydrogen-bond donors (Lipinski definition) is 1. The predicted octanol–water partition coefficient (Wildman–Crippen LogP) is 4.72. The van der Waals surface area contributed by atoms with Crippen LogP contribution in [0.4, 0.5) is 5.69 Å². The van der Waals surface area contributed by atoms with Crippen molar-refractivity contribution in [2.24, 2.45) is 0 Å². The third-order valence-corrected chi connectivity index (χ3v) is 3.91. The van der Waals surface area contributed by atoms with Crippen LogP contribution in [0.25, 0.3) is 0 Å². The van der Waals surface area contributed by atoms with E-state index in [0.717, 1.165) is 28.1 Å². The van der Waals surface area contributed by atoms with E-state index in [9.17, 15) is 4.79 Å². The van der Waals surface area contributed by atoms with Crippen LogP contribution in [0.15, 0.2) is 36.4 Å². The van der Waals surface area contributed by atoms with E-state index in [1.165, 1.54) is 5.56 Å². The summed E-state index contributed by atoms with van der Waals surface area (Å²) in [4.78, 5) is 12.5.